The zero-order valence-corrected chi connectivity index (χ0v) is 9.88. The molecule has 5 heteroatoms. The number of nitrogens with zero attached hydrogens (tertiary/aromatic N) is 1. The van der Waals surface area contributed by atoms with Crippen molar-refractivity contribution in [3.63, 3.8) is 0 Å². The number of hydrogen-bond donors (Lipinski definition) is 1. The number of aromatic nitrogens is 1. The SMILES string of the molecule is O=C(O)c1cncc(-c2cscc2Br)c1. The van der Waals surface area contributed by atoms with Crippen molar-refractivity contribution in [2.24, 2.45) is 0 Å². The van der Waals surface area contributed by atoms with E-state index in [9.17, 15) is 4.79 Å². The van der Waals surface area contributed by atoms with Gasteiger partial charge in [-0.2, -0.15) is 11.3 Å². The van der Waals surface area contributed by atoms with Crippen molar-refractivity contribution < 1.29 is 9.90 Å². The van der Waals surface area contributed by atoms with Gasteiger partial charge in [0.2, 0.25) is 0 Å². The van der Waals surface area contributed by atoms with Crippen LogP contribution < -0.4 is 0 Å². The highest BCUT2D eigenvalue weighted by atomic mass is 79.9. The van der Waals surface area contributed by atoms with Crippen molar-refractivity contribution in [2.75, 3.05) is 0 Å². The van der Waals surface area contributed by atoms with Gasteiger partial charge in [-0.05, 0) is 27.4 Å². The molecule has 0 unspecified atom stereocenters. The van der Waals surface area contributed by atoms with E-state index in [2.05, 4.69) is 20.9 Å². The number of rotatable bonds is 2. The van der Waals surface area contributed by atoms with E-state index < -0.39 is 5.97 Å². The Morgan fingerprint density at radius 2 is 2.20 bits per heavy atom. The van der Waals surface area contributed by atoms with Crippen LogP contribution in [-0.4, -0.2) is 16.1 Å². The van der Waals surface area contributed by atoms with E-state index in [4.69, 9.17) is 5.11 Å². The molecule has 2 rings (SSSR count). The highest BCUT2D eigenvalue weighted by molar-refractivity contribution is 9.10. The Hall–Kier alpha value is -1.20. The second-order valence-corrected chi connectivity index (χ2v) is 4.50. The van der Waals surface area contributed by atoms with Crippen molar-refractivity contribution in [1.29, 1.82) is 0 Å². The maximum absolute atomic E-state index is 10.8. The summed E-state index contributed by atoms with van der Waals surface area (Å²) in [4.78, 5) is 14.7. The summed E-state index contributed by atoms with van der Waals surface area (Å²) in [5.41, 5.74) is 1.98. The zero-order valence-electron chi connectivity index (χ0n) is 7.48. The normalized spacial score (nSPS) is 10.2. The molecule has 0 saturated carbocycles. The molecule has 0 aliphatic heterocycles. The van der Waals surface area contributed by atoms with E-state index in [0.717, 1.165) is 15.6 Å². The van der Waals surface area contributed by atoms with Crippen LogP contribution in [0.25, 0.3) is 11.1 Å². The first-order chi connectivity index (χ1) is 7.18. The van der Waals surface area contributed by atoms with Crippen molar-refractivity contribution in [2.45, 2.75) is 0 Å². The lowest BCUT2D eigenvalue weighted by molar-refractivity contribution is 0.0696. The zero-order chi connectivity index (χ0) is 10.8. The summed E-state index contributed by atoms with van der Waals surface area (Å²) in [5, 5.41) is 12.7. The fourth-order valence-corrected chi connectivity index (χ4v) is 2.72. The van der Waals surface area contributed by atoms with Gasteiger partial charge in [0.05, 0.1) is 5.56 Å². The molecule has 76 valence electrons. The van der Waals surface area contributed by atoms with Crippen LogP contribution in [0.4, 0.5) is 0 Å². The monoisotopic (exact) mass is 283 g/mol. The van der Waals surface area contributed by atoms with Gasteiger partial charge in [-0.3, -0.25) is 4.98 Å². The summed E-state index contributed by atoms with van der Waals surface area (Å²) < 4.78 is 0.955. The first-order valence-electron chi connectivity index (χ1n) is 4.09. The van der Waals surface area contributed by atoms with E-state index >= 15 is 0 Å². The molecule has 0 amide bonds. The van der Waals surface area contributed by atoms with E-state index in [-0.39, 0.29) is 5.56 Å². The lowest BCUT2D eigenvalue weighted by atomic mass is 10.1. The van der Waals surface area contributed by atoms with Gasteiger partial charge in [0, 0.05) is 33.4 Å². The third-order valence-corrected chi connectivity index (χ3v) is 3.61. The number of carbonyl (C=O) groups is 1. The molecule has 0 atom stereocenters. The molecule has 3 nitrogen and oxygen atoms in total. The molecule has 0 fully saturated rings. The lowest BCUT2D eigenvalue weighted by Gasteiger charge is -2.00. The summed E-state index contributed by atoms with van der Waals surface area (Å²) in [5.74, 6) is -0.962. The summed E-state index contributed by atoms with van der Waals surface area (Å²) >= 11 is 4.95. The Labute approximate surface area is 98.5 Å². The molecule has 0 aliphatic carbocycles. The van der Waals surface area contributed by atoms with Crippen LogP contribution in [0.2, 0.25) is 0 Å². The van der Waals surface area contributed by atoms with Gasteiger partial charge in [0.1, 0.15) is 0 Å². The molecule has 0 radical (unpaired) electrons. The average molecular weight is 284 g/mol. The van der Waals surface area contributed by atoms with Crippen molar-refractivity contribution >= 4 is 33.2 Å². The summed E-state index contributed by atoms with van der Waals surface area (Å²) in [6, 6.07) is 1.61. The van der Waals surface area contributed by atoms with Gasteiger partial charge in [-0.25, -0.2) is 4.79 Å². The topological polar surface area (TPSA) is 50.2 Å². The number of carboxylic acids is 1. The Bertz CT molecular complexity index is 510. The van der Waals surface area contributed by atoms with Gasteiger partial charge >= 0.3 is 5.97 Å². The predicted molar refractivity (Wildman–Crippen MR) is 62.2 cm³/mol. The Kier molecular flexibility index (Phi) is 2.83. The molecule has 0 aliphatic rings. The highest BCUT2D eigenvalue weighted by Gasteiger charge is 2.08. The molecule has 0 saturated heterocycles. The third kappa shape index (κ3) is 2.08. The standard InChI is InChI=1S/C10H6BrNO2S/c11-9-5-15-4-8(9)6-1-7(10(13)14)3-12-2-6/h1-5H,(H,13,14). The third-order valence-electron chi connectivity index (χ3n) is 1.91. The number of aromatic carboxylic acids is 1. The lowest BCUT2D eigenvalue weighted by Crippen LogP contribution is -1.97. The molecular weight excluding hydrogens is 278 g/mol. The Morgan fingerprint density at radius 3 is 2.80 bits per heavy atom. The highest BCUT2D eigenvalue weighted by Crippen LogP contribution is 2.31. The van der Waals surface area contributed by atoms with Crippen LogP contribution in [0, 0.1) is 0 Å². The minimum atomic E-state index is -0.962. The first-order valence-corrected chi connectivity index (χ1v) is 5.82. The van der Waals surface area contributed by atoms with Gasteiger partial charge in [-0.1, -0.05) is 0 Å². The van der Waals surface area contributed by atoms with E-state index in [1.807, 2.05) is 10.8 Å². The number of carboxylic acid groups (broad SMARTS) is 1. The molecule has 0 spiro atoms. The van der Waals surface area contributed by atoms with Crippen LogP contribution >= 0.6 is 27.3 Å². The van der Waals surface area contributed by atoms with Gasteiger partial charge < -0.3 is 5.11 Å². The van der Waals surface area contributed by atoms with E-state index in [1.54, 1.807) is 23.6 Å². The van der Waals surface area contributed by atoms with Crippen molar-refractivity contribution in [3.05, 3.63) is 39.3 Å². The molecular formula is C10H6BrNO2S. The number of thiophene rings is 1. The predicted octanol–water partition coefficient (Wildman–Crippen LogP) is 3.27. The summed E-state index contributed by atoms with van der Waals surface area (Å²) in [6.45, 7) is 0. The Balaban J connectivity index is 2.50. The molecule has 0 bridgehead atoms. The molecule has 15 heavy (non-hydrogen) atoms. The van der Waals surface area contributed by atoms with Crippen LogP contribution in [0.5, 0.6) is 0 Å². The fourth-order valence-electron chi connectivity index (χ4n) is 1.19. The van der Waals surface area contributed by atoms with E-state index in [1.165, 1.54) is 6.20 Å². The van der Waals surface area contributed by atoms with Crippen LogP contribution in [-0.2, 0) is 0 Å². The average Bonchev–Trinajstić information content (AvgIpc) is 2.64. The molecule has 1 N–H and O–H groups in total. The second-order valence-electron chi connectivity index (χ2n) is 2.90. The fraction of sp³-hybridized carbons (Fsp3) is 0. The smallest absolute Gasteiger partial charge is 0.337 e. The van der Waals surface area contributed by atoms with Crippen molar-refractivity contribution in [1.82, 2.24) is 4.98 Å². The summed E-state index contributed by atoms with van der Waals surface area (Å²) in [7, 11) is 0. The van der Waals surface area contributed by atoms with Gasteiger partial charge in [0.15, 0.2) is 0 Å². The minimum Gasteiger partial charge on any atom is -0.478 e. The number of halogens is 1. The minimum absolute atomic E-state index is 0.200. The van der Waals surface area contributed by atoms with Crippen LogP contribution in [0.3, 0.4) is 0 Å². The molecule has 2 heterocycles. The largest absolute Gasteiger partial charge is 0.478 e. The maximum atomic E-state index is 10.8. The van der Waals surface area contributed by atoms with E-state index in [0.29, 0.717) is 0 Å². The van der Waals surface area contributed by atoms with Crippen molar-refractivity contribution in [3.8, 4) is 11.1 Å². The molecule has 2 aromatic heterocycles. The second kappa shape index (κ2) is 4.12. The number of hydrogen-bond acceptors (Lipinski definition) is 3. The molecule has 0 aromatic carbocycles. The quantitative estimate of drug-likeness (QED) is 0.920. The maximum Gasteiger partial charge on any atom is 0.337 e. The van der Waals surface area contributed by atoms with Crippen LogP contribution in [0.15, 0.2) is 33.7 Å². The first kappa shape index (κ1) is 10.3. The van der Waals surface area contributed by atoms with Crippen LogP contribution in [0.1, 0.15) is 10.4 Å². The summed E-state index contributed by atoms with van der Waals surface area (Å²) in [6.07, 6.45) is 2.99. The Morgan fingerprint density at radius 1 is 1.40 bits per heavy atom. The molecule has 2 aromatic rings. The number of pyridine rings is 1. The van der Waals surface area contributed by atoms with Gasteiger partial charge in [-0.15, -0.1) is 0 Å². The van der Waals surface area contributed by atoms with Gasteiger partial charge in [0.25, 0.3) is 0 Å².